The van der Waals surface area contributed by atoms with Crippen molar-refractivity contribution in [3.63, 3.8) is 0 Å². The van der Waals surface area contributed by atoms with Crippen molar-refractivity contribution in [2.45, 2.75) is 25.7 Å². The van der Waals surface area contributed by atoms with Crippen molar-refractivity contribution in [2.24, 2.45) is 17.8 Å². The summed E-state index contributed by atoms with van der Waals surface area (Å²) >= 11 is 0. The van der Waals surface area contributed by atoms with Crippen molar-refractivity contribution in [3.8, 4) is 0 Å². The van der Waals surface area contributed by atoms with Gasteiger partial charge in [0, 0.05) is 38.0 Å². The first kappa shape index (κ1) is 16.5. The molecule has 0 aromatic heterocycles. The Morgan fingerprint density at radius 3 is 2.38 bits per heavy atom. The summed E-state index contributed by atoms with van der Waals surface area (Å²) in [6.45, 7) is 8.02. The van der Waals surface area contributed by atoms with E-state index < -0.39 is 8.07 Å². The van der Waals surface area contributed by atoms with E-state index in [1.165, 1.54) is 5.20 Å². The number of carbonyl (C=O) groups excluding carboxylic acids is 1. The van der Waals surface area contributed by atoms with E-state index in [1.54, 1.807) is 20.3 Å². The van der Waals surface area contributed by atoms with Gasteiger partial charge in [-0.25, -0.2) is 4.79 Å². The van der Waals surface area contributed by atoms with E-state index in [4.69, 9.17) is 14.2 Å². The molecule has 2 rings (SSSR count). The zero-order chi connectivity index (χ0) is 15.6. The van der Waals surface area contributed by atoms with Crippen LogP contribution in [0.2, 0.25) is 19.6 Å². The van der Waals surface area contributed by atoms with Gasteiger partial charge in [0.25, 0.3) is 0 Å². The Morgan fingerprint density at radius 2 is 1.81 bits per heavy atom. The van der Waals surface area contributed by atoms with Crippen LogP contribution in [0.15, 0.2) is 23.4 Å². The monoisotopic (exact) mass is 310 g/mol. The second-order valence-corrected chi connectivity index (χ2v) is 12.0. The van der Waals surface area contributed by atoms with Crippen LogP contribution in [0.1, 0.15) is 0 Å². The minimum absolute atomic E-state index is 0.130. The lowest BCUT2D eigenvalue weighted by atomic mass is 9.76. The number of hydrogen-bond donors (Lipinski definition) is 0. The molecule has 0 fully saturated rings. The molecule has 0 saturated heterocycles. The smallest absolute Gasteiger partial charge is 0.330 e. The summed E-state index contributed by atoms with van der Waals surface area (Å²) in [6, 6.07) is 0. The van der Waals surface area contributed by atoms with Gasteiger partial charge >= 0.3 is 5.97 Å². The Kier molecular flexibility index (Phi) is 5.06. The van der Waals surface area contributed by atoms with E-state index in [0.717, 1.165) is 0 Å². The van der Waals surface area contributed by atoms with Gasteiger partial charge in [-0.3, -0.25) is 0 Å². The summed E-state index contributed by atoms with van der Waals surface area (Å²) in [5.74, 6) is 0.364. The highest BCUT2D eigenvalue weighted by atomic mass is 28.3. The molecular formula is C16H26O4Si. The van der Waals surface area contributed by atoms with Crippen LogP contribution >= 0.6 is 0 Å². The van der Waals surface area contributed by atoms with Gasteiger partial charge in [-0.2, -0.15) is 0 Å². The standard InChI is InChI=1S/C16H26O4Si/c1-18-9-11-6-7-12-14(21(3,4)5)8-15(17)20-16(12)13(11)10-19-2/h6-8,11-13,16H,9-10H2,1-5H3/t11-,12+,13+,16-/m0/s1. The van der Waals surface area contributed by atoms with Gasteiger partial charge in [0.2, 0.25) is 0 Å². The first-order chi connectivity index (χ1) is 9.88. The molecule has 0 radical (unpaired) electrons. The van der Waals surface area contributed by atoms with Crippen LogP contribution in [0.4, 0.5) is 0 Å². The van der Waals surface area contributed by atoms with Gasteiger partial charge in [-0.05, 0) is 0 Å². The summed E-state index contributed by atoms with van der Waals surface area (Å²) in [5.41, 5.74) is 0. The maximum absolute atomic E-state index is 12.0. The second kappa shape index (κ2) is 6.46. The highest BCUT2D eigenvalue weighted by Crippen LogP contribution is 2.40. The largest absolute Gasteiger partial charge is 0.458 e. The van der Waals surface area contributed by atoms with Gasteiger partial charge in [-0.1, -0.05) is 37.0 Å². The van der Waals surface area contributed by atoms with Crippen LogP contribution in [0.3, 0.4) is 0 Å². The van der Waals surface area contributed by atoms with Crippen molar-refractivity contribution in [3.05, 3.63) is 23.4 Å². The molecule has 4 atom stereocenters. The molecule has 21 heavy (non-hydrogen) atoms. The third kappa shape index (κ3) is 3.47. The molecule has 1 aliphatic carbocycles. The third-order valence-corrected chi connectivity index (χ3v) is 6.57. The van der Waals surface area contributed by atoms with Crippen LogP contribution in [0.5, 0.6) is 0 Å². The average Bonchev–Trinajstić information content (AvgIpc) is 2.40. The molecule has 1 heterocycles. The van der Waals surface area contributed by atoms with E-state index in [0.29, 0.717) is 13.2 Å². The Hall–Kier alpha value is -0.913. The first-order valence-electron chi connectivity index (χ1n) is 7.47. The highest BCUT2D eigenvalue weighted by molar-refractivity contribution is 6.83. The van der Waals surface area contributed by atoms with Crippen molar-refractivity contribution >= 4 is 14.0 Å². The van der Waals surface area contributed by atoms with E-state index in [-0.39, 0.29) is 29.8 Å². The molecular weight excluding hydrogens is 284 g/mol. The van der Waals surface area contributed by atoms with Gasteiger partial charge in [-0.15, -0.1) is 0 Å². The van der Waals surface area contributed by atoms with Crippen molar-refractivity contribution < 1.29 is 19.0 Å². The Bertz CT molecular complexity index is 450. The van der Waals surface area contributed by atoms with Gasteiger partial charge in [0.1, 0.15) is 6.10 Å². The maximum Gasteiger partial charge on any atom is 0.330 e. The molecule has 0 unspecified atom stereocenters. The fraction of sp³-hybridized carbons (Fsp3) is 0.688. The van der Waals surface area contributed by atoms with Crippen LogP contribution in [-0.2, 0) is 19.0 Å². The van der Waals surface area contributed by atoms with Crippen LogP contribution < -0.4 is 0 Å². The molecule has 0 saturated carbocycles. The molecule has 118 valence electrons. The number of fused-ring (bicyclic) bond motifs is 1. The lowest BCUT2D eigenvalue weighted by molar-refractivity contribution is -0.153. The van der Waals surface area contributed by atoms with E-state index in [1.807, 2.05) is 0 Å². The molecule has 0 aromatic carbocycles. The van der Waals surface area contributed by atoms with Crippen LogP contribution in [-0.4, -0.2) is 47.6 Å². The highest BCUT2D eigenvalue weighted by Gasteiger charge is 2.45. The van der Waals surface area contributed by atoms with Crippen molar-refractivity contribution in [1.29, 1.82) is 0 Å². The summed E-state index contributed by atoms with van der Waals surface area (Å²) in [4.78, 5) is 12.0. The molecule has 4 nitrogen and oxygen atoms in total. The normalized spacial score (nSPS) is 32.4. The SMILES string of the molecule is COC[C@H]1[C@H]2OC(=O)C=C([Si](C)(C)C)[C@H]2C=C[C@H]1COC. The number of ether oxygens (including phenoxy) is 3. The van der Waals surface area contributed by atoms with Crippen LogP contribution in [0.25, 0.3) is 0 Å². The fourth-order valence-corrected chi connectivity index (χ4v) is 5.17. The summed E-state index contributed by atoms with van der Waals surface area (Å²) < 4.78 is 16.4. The zero-order valence-corrected chi connectivity index (χ0v) is 14.6. The number of methoxy groups -OCH3 is 2. The second-order valence-electron chi connectivity index (χ2n) is 6.90. The molecule has 5 heteroatoms. The molecule has 0 spiro atoms. The van der Waals surface area contributed by atoms with Gasteiger partial charge in [0.15, 0.2) is 0 Å². The van der Waals surface area contributed by atoms with E-state index >= 15 is 0 Å². The first-order valence-corrected chi connectivity index (χ1v) is 11.0. The number of rotatable bonds is 5. The number of hydrogen-bond acceptors (Lipinski definition) is 4. The quantitative estimate of drug-likeness (QED) is 0.444. The Balaban J connectivity index is 2.36. The summed E-state index contributed by atoms with van der Waals surface area (Å²) in [7, 11) is 1.83. The topological polar surface area (TPSA) is 44.8 Å². The molecule has 2 aliphatic rings. The molecule has 1 aliphatic heterocycles. The Labute approximate surface area is 128 Å². The van der Waals surface area contributed by atoms with E-state index in [2.05, 4.69) is 31.8 Å². The molecule has 0 amide bonds. The van der Waals surface area contributed by atoms with Crippen molar-refractivity contribution in [2.75, 3.05) is 27.4 Å². The van der Waals surface area contributed by atoms with Crippen LogP contribution in [0, 0.1) is 17.8 Å². The minimum atomic E-state index is -1.56. The Morgan fingerprint density at radius 1 is 1.14 bits per heavy atom. The number of carbonyl (C=O) groups is 1. The summed E-state index contributed by atoms with van der Waals surface area (Å²) in [5, 5.41) is 1.27. The zero-order valence-electron chi connectivity index (χ0n) is 13.6. The predicted molar refractivity (Wildman–Crippen MR) is 84.7 cm³/mol. The number of esters is 1. The molecule has 0 aromatic rings. The third-order valence-electron chi connectivity index (χ3n) is 4.36. The van der Waals surface area contributed by atoms with Gasteiger partial charge in [0.05, 0.1) is 21.3 Å². The summed E-state index contributed by atoms with van der Waals surface area (Å²) in [6.07, 6.45) is 6.01. The predicted octanol–water partition coefficient (Wildman–Crippen LogP) is 2.43. The lowest BCUT2D eigenvalue weighted by Crippen LogP contribution is -2.49. The molecule has 0 N–H and O–H groups in total. The average molecular weight is 310 g/mol. The lowest BCUT2D eigenvalue weighted by Gasteiger charge is -2.43. The maximum atomic E-state index is 12.0. The fourth-order valence-electron chi connectivity index (χ4n) is 3.36. The molecule has 0 bridgehead atoms. The minimum Gasteiger partial charge on any atom is -0.458 e. The van der Waals surface area contributed by atoms with E-state index in [9.17, 15) is 4.79 Å². The van der Waals surface area contributed by atoms with Crippen molar-refractivity contribution in [1.82, 2.24) is 0 Å². The van der Waals surface area contributed by atoms with Gasteiger partial charge < -0.3 is 14.2 Å².